The van der Waals surface area contributed by atoms with Gasteiger partial charge in [-0.2, -0.15) is 9.40 Å². The number of aromatic nitrogens is 3. The molecule has 3 heterocycles. The Morgan fingerprint density at radius 1 is 1.06 bits per heavy atom. The Morgan fingerprint density at radius 3 is 2.42 bits per heavy atom. The van der Waals surface area contributed by atoms with Crippen LogP contribution in [0.25, 0.3) is 10.9 Å². The van der Waals surface area contributed by atoms with E-state index in [0.717, 1.165) is 10.9 Å². The molecule has 4 rings (SSSR count). The lowest BCUT2D eigenvalue weighted by molar-refractivity contribution is 0.0697. The number of piperazine rings is 1. The van der Waals surface area contributed by atoms with Gasteiger partial charge in [-0.25, -0.2) is 8.42 Å². The third-order valence-electron chi connectivity index (χ3n) is 5.47. The fourth-order valence-electron chi connectivity index (χ4n) is 3.70. The van der Waals surface area contributed by atoms with Crippen molar-refractivity contribution >= 4 is 26.8 Å². The minimum atomic E-state index is -3.71. The second-order valence-electron chi connectivity index (χ2n) is 8.88. The third kappa shape index (κ3) is 4.07. The maximum atomic E-state index is 13.3. The zero-order valence-electron chi connectivity index (χ0n) is 18.2. The Balaban J connectivity index is 1.51. The molecular formula is C22H27N5O3S. The molecule has 0 spiro atoms. The molecule has 1 saturated heterocycles. The summed E-state index contributed by atoms with van der Waals surface area (Å²) in [5, 5.41) is 5.09. The van der Waals surface area contributed by atoms with Crippen molar-refractivity contribution in [3.05, 3.63) is 54.0 Å². The number of para-hydroxylation sites is 1. The molecular weight excluding hydrogens is 414 g/mol. The lowest BCUT2D eigenvalue weighted by Crippen LogP contribution is -2.50. The molecule has 164 valence electrons. The van der Waals surface area contributed by atoms with Crippen LogP contribution in [-0.4, -0.2) is 64.5 Å². The number of fused-ring (bicyclic) bond motifs is 1. The van der Waals surface area contributed by atoms with Crippen LogP contribution in [0.2, 0.25) is 0 Å². The van der Waals surface area contributed by atoms with Gasteiger partial charge in [0.25, 0.3) is 5.91 Å². The quantitative estimate of drug-likeness (QED) is 0.623. The van der Waals surface area contributed by atoms with Crippen LogP contribution in [0.5, 0.6) is 0 Å². The Bertz CT molecular complexity index is 1240. The summed E-state index contributed by atoms with van der Waals surface area (Å²) in [6.45, 7) is 9.11. The van der Waals surface area contributed by atoms with Crippen molar-refractivity contribution in [2.75, 3.05) is 26.2 Å². The molecule has 0 bridgehead atoms. The topological polar surface area (TPSA) is 88.4 Å². The smallest absolute Gasteiger partial charge is 0.257 e. The molecule has 0 unspecified atom stereocenters. The van der Waals surface area contributed by atoms with E-state index >= 15 is 0 Å². The van der Waals surface area contributed by atoms with E-state index in [1.165, 1.54) is 4.31 Å². The van der Waals surface area contributed by atoms with E-state index in [-0.39, 0.29) is 29.4 Å². The van der Waals surface area contributed by atoms with Crippen molar-refractivity contribution in [3.63, 3.8) is 0 Å². The second-order valence-corrected chi connectivity index (χ2v) is 10.8. The fourth-order valence-corrected chi connectivity index (χ4v) is 5.29. The number of rotatable bonds is 3. The van der Waals surface area contributed by atoms with Crippen LogP contribution in [0.4, 0.5) is 0 Å². The van der Waals surface area contributed by atoms with Gasteiger partial charge in [0.2, 0.25) is 10.0 Å². The highest BCUT2D eigenvalue weighted by atomic mass is 32.2. The van der Waals surface area contributed by atoms with Gasteiger partial charge in [-0.3, -0.25) is 14.5 Å². The molecule has 0 N–H and O–H groups in total. The highest BCUT2D eigenvalue weighted by molar-refractivity contribution is 7.89. The van der Waals surface area contributed by atoms with Gasteiger partial charge in [0.15, 0.2) is 0 Å². The lowest BCUT2D eigenvalue weighted by atomic mass is 10.1. The maximum Gasteiger partial charge on any atom is 0.257 e. The number of benzene rings is 1. The van der Waals surface area contributed by atoms with Crippen LogP contribution in [-0.2, 0) is 15.6 Å². The average molecular weight is 442 g/mol. The first-order valence-corrected chi connectivity index (χ1v) is 11.7. The molecule has 0 aliphatic carbocycles. The van der Waals surface area contributed by atoms with E-state index < -0.39 is 10.0 Å². The lowest BCUT2D eigenvalue weighted by Gasteiger charge is -2.34. The van der Waals surface area contributed by atoms with Gasteiger partial charge >= 0.3 is 0 Å². The summed E-state index contributed by atoms with van der Waals surface area (Å²) >= 11 is 0. The Hall–Kier alpha value is -2.78. The highest BCUT2D eigenvalue weighted by Gasteiger charge is 2.32. The molecule has 0 saturated carbocycles. The van der Waals surface area contributed by atoms with Crippen molar-refractivity contribution in [3.8, 4) is 0 Å². The molecule has 31 heavy (non-hydrogen) atoms. The Kier molecular flexibility index (Phi) is 5.35. The van der Waals surface area contributed by atoms with E-state index in [9.17, 15) is 13.2 Å². The molecule has 0 atom stereocenters. The van der Waals surface area contributed by atoms with Gasteiger partial charge in [0.05, 0.1) is 22.8 Å². The van der Waals surface area contributed by atoms with Crippen molar-refractivity contribution in [2.24, 2.45) is 0 Å². The summed E-state index contributed by atoms with van der Waals surface area (Å²) in [7, 11) is -3.71. The minimum Gasteiger partial charge on any atom is -0.336 e. The number of hydrogen-bond acceptors (Lipinski definition) is 5. The van der Waals surface area contributed by atoms with Crippen LogP contribution in [0, 0.1) is 6.92 Å². The van der Waals surface area contributed by atoms with Crippen molar-refractivity contribution in [1.82, 2.24) is 24.0 Å². The Morgan fingerprint density at radius 2 is 1.77 bits per heavy atom. The zero-order chi connectivity index (χ0) is 22.4. The first-order valence-electron chi connectivity index (χ1n) is 10.3. The summed E-state index contributed by atoms with van der Waals surface area (Å²) in [6, 6.07) is 7.12. The standard InChI is InChI=1S/C22H27N5O3S/c1-16-12-17-6-5-7-19(20(17)23-13-16)31(29,30)26-10-8-25(9-11-26)21(28)18-14-24-27(15-18)22(2,3)4/h5-7,12-15H,8-11H2,1-4H3. The molecule has 1 aromatic carbocycles. The molecule has 1 aliphatic rings. The monoisotopic (exact) mass is 441 g/mol. The minimum absolute atomic E-state index is 0.130. The number of carbonyl (C=O) groups is 1. The summed E-state index contributed by atoms with van der Waals surface area (Å²) < 4.78 is 29.8. The largest absolute Gasteiger partial charge is 0.336 e. The van der Waals surface area contributed by atoms with E-state index in [2.05, 4.69) is 10.1 Å². The van der Waals surface area contributed by atoms with Crippen LogP contribution in [0.3, 0.4) is 0 Å². The SMILES string of the molecule is Cc1cnc2c(S(=O)(=O)N3CCN(C(=O)c4cnn(C(C)(C)C)c4)CC3)cccc2c1. The van der Waals surface area contributed by atoms with E-state index in [0.29, 0.717) is 24.2 Å². The molecule has 0 radical (unpaired) electrons. The third-order valence-corrected chi connectivity index (χ3v) is 7.40. The first kappa shape index (κ1) is 21.5. The number of carbonyl (C=O) groups excluding carboxylic acids is 1. The average Bonchev–Trinajstić information content (AvgIpc) is 3.23. The molecule has 1 fully saturated rings. The Labute approximate surface area is 182 Å². The second kappa shape index (κ2) is 7.72. The first-order chi connectivity index (χ1) is 14.6. The van der Waals surface area contributed by atoms with Crippen molar-refractivity contribution in [2.45, 2.75) is 38.1 Å². The number of sulfonamides is 1. The van der Waals surface area contributed by atoms with E-state index in [4.69, 9.17) is 0 Å². The van der Waals surface area contributed by atoms with Crippen molar-refractivity contribution in [1.29, 1.82) is 0 Å². The number of amides is 1. The molecule has 1 amide bonds. The molecule has 2 aromatic heterocycles. The van der Waals surface area contributed by atoms with Gasteiger partial charge < -0.3 is 4.90 Å². The maximum absolute atomic E-state index is 13.3. The molecule has 3 aromatic rings. The predicted octanol–water partition coefficient (Wildman–Crippen LogP) is 2.64. The molecule has 1 aliphatic heterocycles. The zero-order valence-corrected chi connectivity index (χ0v) is 19.1. The number of nitrogens with zero attached hydrogens (tertiary/aromatic N) is 5. The summed E-state index contributed by atoms with van der Waals surface area (Å²) in [6.07, 6.45) is 4.99. The molecule has 8 nitrogen and oxygen atoms in total. The van der Waals surface area contributed by atoms with Gasteiger partial charge in [-0.05, 0) is 45.4 Å². The summed E-state index contributed by atoms with van der Waals surface area (Å²) in [5.74, 6) is -0.130. The van der Waals surface area contributed by atoms with Crippen LogP contribution in [0.15, 0.2) is 47.8 Å². The summed E-state index contributed by atoms with van der Waals surface area (Å²) in [5.41, 5.74) is 1.75. The van der Waals surface area contributed by atoms with E-state index in [1.807, 2.05) is 39.8 Å². The highest BCUT2D eigenvalue weighted by Crippen LogP contribution is 2.26. The van der Waals surface area contributed by atoms with Crippen LogP contribution < -0.4 is 0 Å². The van der Waals surface area contributed by atoms with E-state index in [1.54, 1.807) is 40.3 Å². The normalized spacial score (nSPS) is 16.1. The van der Waals surface area contributed by atoms with Gasteiger partial charge in [-0.15, -0.1) is 0 Å². The number of pyridine rings is 1. The van der Waals surface area contributed by atoms with Crippen LogP contribution in [0.1, 0.15) is 36.7 Å². The van der Waals surface area contributed by atoms with Crippen molar-refractivity contribution < 1.29 is 13.2 Å². The predicted molar refractivity (Wildman–Crippen MR) is 118 cm³/mol. The van der Waals surface area contributed by atoms with Gasteiger partial charge in [0.1, 0.15) is 4.90 Å². The number of hydrogen-bond donors (Lipinski definition) is 0. The summed E-state index contributed by atoms with van der Waals surface area (Å²) in [4.78, 5) is 19.1. The number of aryl methyl sites for hydroxylation is 1. The van der Waals surface area contributed by atoms with Gasteiger partial charge in [0, 0.05) is 44.0 Å². The van der Waals surface area contributed by atoms with Gasteiger partial charge in [-0.1, -0.05) is 12.1 Å². The molecule has 9 heteroatoms. The van der Waals surface area contributed by atoms with Crippen LogP contribution >= 0.6 is 0 Å². The fraction of sp³-hybridized carbons (Fsp3) is 0.409.